The third-order valence-electron chi connectivity index (χ3n) is 3.15. The monoisotopic (exact) mass is 260 g/mol. The van der Waals surface area contributed by atoms with E-state index in [1.54, 1.807) is 25.5 Å². The summed E-state index contributed by atoms with van der Waals surface area (Å²) in [6, 6.07) is 0.777. The first-order valence-electron chi connectivity index (χ1n) is 6.39. The van der Waals surface area contributed by atoms with Gasteiger partial charge >= 0.3 is 6.01 Å². The summed E-state index contributed by atoms with van der Waals surface area (Å²) in [5, 5.41) is 11.0. The quantitative estimate of drug-likeness (QED) is 0.889. The van der Waals surface area contributed by atoms with E-state index in [9.17, 15) is 0 Å². The lowest BCUT2D eigenvalue weighted by atomic mass is 10.1. The number of hydrogen-bond acceptors (Lipinski definition) is 7. The molecule has 2 aromatic rings. The first kappa shape index (κ1) is 11.9. The maximum atomic E-state index is 5.35. The molecule has 0 aliphatic carbocycles. The maximum absolute atomic E-state index is 5.35. The van der Waals surface area contributed by atoms with Crippen molar-refractivity contribution in [3.8, 4) is 0 Å². The molecule has 0 saturated carbocycles. The number of aromatic nitrogens is 4. The second kappa shape index (κ2) is 5.21. The summed E-state index contributed by atoms with van der Waals surface area (Å²) in [4.78, 5) is 10.7. The fourth-order valence-corrected chi connectivity index (χ4v) is 2.29. The minimum absolute atomic E-state index is 0.288. The van der Waals surface area contributed by atoms with Crippen molar-refractivity contribution in [3.63, 3.8) is 0 Å². The molecule has 19 heavy (non-hydrogen) atoms. The Hall–Kier alpha value is -2.18. The topological polar surface area (TPSA) is 80.0 Å². The Bertz CT molecular complexity index is 528. The molecule has 1 saturated heterocycles. The summed E-state index contributed by atoms with van der Waals surface area (Å²) in [5.41, 5.74) is 0. The number of nitrogens with zero attached hydrogens (tertiary/aromatic N) is 5. The van der Waals surface area contributed by atoms with Gasteiger partial charge in [-0.3, -0.25) is 4.98 Å². The average Bonchev–Trinajstić information content (AvgIpc) is 2.85. The number of aryl methyl sites for hydroxylation is 1. The van der Waals surface area contributed by atoms with Gasteiger partial charge in [0.15, 0.2) is 0 Å². The molecule has 0 radical (unpaired) electrons. The lowest BCUT2D eigenvalue weighted by Crippen LogP contribution is -2.42. The Morgan fingerprint density at radius 3 is 3.05 bits per heavy atom. The van der Waals surface area contributed by atoms with Crippen LogP contribution in [0.15, 0.2) is 23.0 Å². The van der Waals surface area contributed by atoms with E-state index in [0.29, 0.717) is 11.9 Å². The van der Waals surface area contributed by atoms with E-state index in [-0.39, 0.29) is 6.04 Å². The molecule has 100 valence electrons. The van der Waals surface area contributed by atoms with E-state index >= 15 is 0 Å². The van der Waals surface area contributed by atoms with Crippen LogP contribution in [0.5, 0.6) is 0 Å². The van der Waals surface area contributed by atoms with Gasteiger partial charge in [-0.2, -0.15) is 0 Å². The van der Waals surface area contributed by atoms with Gasteiger partial charge in [-0.15, -0.1) is 5.10 Å². The molecule has 1 atom stereocenters. The van der Waals surface area contributed by atoms with Gasteiger partial charge < -0.3 is 14.6 Å². The van der Waals surface area contributed by atoms with Gasteiger partial charge in [-0.25, -0.2) is 4.98 Å². The smallest absolute Gasteiger partial charge is 0.315 e. The van der Waals surface area contributed by atoms with E-state index in [1.807, 2.05) is 0 Å². The Morgan fingerprint density at radius 2 is 2.32 bits per heavy atom. The standard InChI is InChI=1S/C12H16N6O/c1-9-16-17-12(19-9)15-10-3-2-6-18(8-10)11-7-13-4-5-14-11/h4-5,7,10H,2-3,6,8H2,1H3,(H,15,17)/t10-/m1/s1. The van der Waals surface area contributed by atoms with Crippen LogP contribution in [0.25, 0.3) is 0 Å². The lowest BCUT2D eigenvalue weighted by Gasteiger charge is -2.33. The molecule has 0 aromatic carbocycles. The Balaban J connectivity index is 1.65. The van der Waals surface area contributed by atoms with Crippen molar-refractivity contribution < 1.29 is 4.42 Å². The molecule has 3 rings (SSSR count). The van der Waals surface area contributed by atoms with Crippen molar-refractivity contribution in [3.05, 3.63) is 24.5 Å². The molecule has 1 N–H and O–H groups in total. The van der Waals surface area contributed by atoms with Crippen LogP contribution in [-0.2, 0) is 0 Å². The van der Waals surface area contributed by atoms with Crippen molar-refractivity contribution in [1.82, 2.24) is 20.2 Å². The summed E-state index contributed by atoms with van der Waals surface area (Å²) in [6.07, 6.45) is 7.37. The first-order chi connectivity index (χ1) is 9.31. The van der Waals surface area contributed by atoms with E-state index in [4.69, 9.17) is 4.42 Å². The minimum atomic E-state index is 0.288. The summed E-state index contributed by atoms with van der Waals surface area (Å²) in [7, 11) is 0. The van der Waals surface area contributed by atoms with E-state index in [1.165, 1.54) is 0 Å². The molecule has 1 aliphatic rings. The number of anilines is 2. The summed E-state index contributed by atoms with van der Waals surface area (Å²) >= 11 is 0. The average molecular weight is 260 g/mol. The predicted molar refractivity (Wildman–Crippen MR) is 69.9 cm³/mol. The molecule has 1 fully saturated rings. The van der Waals surface area contributed by atoms with Gasteiger partial charge in [-0.1, -0.05) is 5.10 Å². The third kappa shape index (κ3) is 2.81. The highest BCUT2D eigenvalue weighted by molar-refractivity contribution is 5.37. The summed E-state index contributed by atoms with van der Waals surface area (Å²) in [6.45, 7) is 3.64. The highest BCUT2D eigenvalue weighted by atomic mass is 16.4. The van der Waals surface area contributed by atoms with Crippen LogP contribution in [0, 0.1) is 6.92 Å². The third-order valence-corrected chi connectivity index (χ3v) is 3.15. The van der Waals surface area contributed by atoms with Crippen LogP contribution in [0.1, 0.15) is 18.7 Å². The van der Waals surface area contributed by atoms with E-state index < -0.39 is 0 Å². The predicted octanol–water partition coefficient (Wildman–Crippen LogP) is 1.25. The van der Waals surface area contributed by atoms with Crippen molar-refractivity contribution in [2.45, 2.75) is 25.8 Å². The van der Waals surface area contributed by atoms with Crippen LogP contribution < -0.4 is 10.2 Å². The number of piperidine rings is 1. The molecule has 0 amide bonds. The van der Waals surface area contributed by atoms with Gasteiger partial charge in [0, 0.05) is 38.4 Å². The Kier molecular flexibility index (Phi) is 3.26. The molecule has 3 heterocycles. The minimum Gasteiger partial charge on any atom is -0.408 e. The van der Waals surface area contributed by atoms with Crippen molar-refractivity contribution in [2.24, 2.45) is 0 Å². The summed E-state index contributed by atoms with van der Waals surface area (Å²) < 4.78 is 5.35. The molecule has 1 aliphatic heterocycles. The zero-order valence-electron chi connectivity index (χ0n) is 10.8. The van der Waals surface area contributed by atoms with Crippen molar-refractivity contribution in [1.29, 1.82) is 0 Å². The normalized spacial score (nSPS) is 19.4. The number of nitrogens with one attached hydrogen (secondary N) is 1. The molecule has 0 unspecified atom stereocenters. The molecule has 7 heteroatoms. The van der Waals surface area contributed by atoms with Crippen LogP contribution in [-0.4, -0.2) is 39.3 Å². The molecule has 0 bridgehead atoms. The number of hydrogen-bond donors (Lipinski definition) is 1. The molecular weight excluding hydrogens is 244 g/mol. The zero-order valence-corrected chi connectivity index (χ0v) is 10.8. The van der Waals surface area contributed by atoms with Gasteiger partial charge in [0.2, 0.25) is 5.89 Å². The van der Waals surface area contributed by atoms with Gasteiger partial charge in [0.05, 0.1) is 6.20 Å². The van der Waals surface area contributed by atoms with Crippen molar-refractivity contribution >= 4 is 11.8 Å². The largest absolute Gasteiger partial charge is 0.408 e. The van der Waals surface area contributed by atoms with E-state index in [2.05, 4.69) is 30.4 Å². The van der Waals surface area contributed by atoms with Crippen LogP contribution in [0.2, 0.25) is 0 Å². The van der Waals surface area contributed by atoms with Crippen LogP contribution in [0.4, 0.5) is 11.8 Å². The SMILES string of the molecule is Cc1nnc(N[C@@H]2CCCN(c3cnccn3)C2)o1. The number of rotatable bonds is 3. The van der Waals surface area contributed by atoms with Gasteiger partial charge in [0.25, 0.3) is 0 Å². The second-order valence-corrected chi connectivity index (χ2v) is 4.62. The molecule has 2 aromatic heterocycles. The molecule has 7 nitrogen and oxygen atoms in total. The highest BCUT2D eigenvalue weighted by Gasteiger charge is 2.22. The second-order valence-electron chi connectivity index (χ2n) is 4.62. The zero-order chi connectivity index (χ0) is 13.1. The van der Waals surface area contributed by atoms with Gasteiger partial charge in [0.1, 0.15) is 5.82 Å². The molecular formula is C12H16N6O. The van der Waals surface area contributed by atoms with Crippen molar-refractivity contribution in [2.75, 3.05) is 23.3 Å². The molecule has 0 spiro atoms. The maximum Gasteiger partial charge on any atom is 0.315 e. The lowest BCUT2D eigenvalue weighted by molar-refractivity contribution is 0.487. The Labute approximate surface area is 111 Å². The first-order valence-corrected chi connectivity index (χ1v) is 6.39. The fraction of sp³-hybridized carbons (Fsp3) is 0.500. The van der Waals surface area contributed by atoms with Gasteiger partial charge in [-0.05, 0) is 12.8 Å². The van der Waals surface area contributed by atoms with E-state index in [0.717, 1.165) is 31.7 Å². The highest BCUT2D eigenvalue weighted by Crippen LogP contribution is 2.19. The van der Waals surface area contributed by atoms with Crippen LogP contribution >= 0.6 is 0 Å². The Morgan fingerprint density at radius 1 is 1.37 bits per heavy atom. The fourth-order valence-electron chi connectivity index (χ4n) is 2.29. The summed E-state index contributed by atoms with van der Waals surface area (Å²) in [5.74, 6) is 1.49. The van der Waals surface area contributed by atoms with Crippen LogP contribution in [0.3, 0.4) is 0 Å².